The van der Waals surface area contributed by atoms with Crippen LogP contribution in [0.4, 0.5) is 0 Å². The topological polar surface area (TPSA) is 110 Å². The molecule has 49 heavy (non-hydrogen) atoms. The fourth-order valence-corrected chi connectivity index (χ4v) is 7.05. The Kier molecular flexibility index (Phi) is 38.0. The third kappa shape index (κ3) is 32.9. The molecule has 0 radical (unpaired) electrons. The minimum Gasteiger partial charge on any atom is -0.394 e. The van der Waals surface area contributed by atoms with Crippen molar-refractivity contribution in [3.05, 3.63) is 0 Å². The monoisotopic (exact) mass is 698 g/mol. The molecule has 0 saturated carbocycles. The maximum Gasteiger partial charge on any atom is 0.249 e. The number of amides is 1. The Balaban J connectivity index is 3.67. The summed E-state index contributed by atoms with van der Waals surface area (Å²) in [7, 11) is 0. The van der Waals surface area contributed by atoms with E-state index in [0.717, 1.165) is 38.5 Å². The molecule has 0 bridgehead atoms. The number of unbranched alkanes of at least 4 members (excludes halogenated alkanes) is 31. The fourth-order valence-electron chi connectivity index (χ4n) is 7.05. The molecule has 0 heterocycles. The van der Waals surface area contributed by atoms with Crippen LogP contribution in [0, 0.1) is 0 Å². The van der Waals surface area contributed by atoms with Gasteiger partial charge in [-0.3, -0.25) is 4.79 Å². The second-order valence-corrected chi connectivity index (χ2v) is 15.4. The van der Waals surface area contributed by atoms with Gasteiger partial charge >= 0.3 is 0 Å². The summed E-state index contributed by atoms with van der Waals surface area (Å²) >= 11 is 0. The Labute approximate surface area is 305 Å². The van der Waals surface area contributed by atoms with E-state index in [0.29, 0.717) is 12.8 Å². The highest BCUT2D eigenvalue weighted by atomic mass is 16.3. The smallest absolute Gasteiger partial charge is 0.249 e. The van der Waals surface area contributed by atoms with Crippen molar-refractivity contribution in [2.24, 2.45) is 0 Å². The van der Waals surface area contributed by atoms with Gasteiger partial charge in [-0.25, -0.2) is 0 Å². The summed E-state index contributed by atoms with van der Waals surface area (Å²) in [5, 5.41) is 43.6. The second kappa shape index (κ2) is 38.5. The predicted octanol–water partition coefficient (Wildman–Crippen LogP) is 11.2. The van der Waals surface area contributed by atoms with Crippen LogP contribution in [0.2, 0.25) is 0 Å². The first-order chi connectivity index (χ1) is 24.0. The van der Waals surface area contributed by atoms with Crippen LogP contribution in [-0.2, 0) is 4.79 Å². The first-order valence-corrected chi connectivity index (χ1v) is 21.9. The minimum atomic E-state index is -1.25. The largest absolute Gasteiger partial charge is 0.394 e. The third-order valence-electron chi connectivity index (χ3n) is 10.6. The van der Waals surface area contributed by atoms with Crippen LogP contribution in [0.25, 0.3) is 0 Å². The molecule has 6 nitrogen and oxygen atoms in total. The van der Waals surface area contributed by atoms with Gasteiger partial charge in [0.05, 0.1) is 18.8 Å². The number of aliphatic hydroxyl groups is 4. The maximum absolute atomic E-state index is 12.5. The first kappa shape index (κ1) is 48.3. The quantitative estimate of drug-likeness (QED) is 0.0409. The molecular weight excluding hydrogens is 610 g/mol. The molecular formula is C43H87NO5. The molecule has 0 spiro atoms. The predicted molar refractivity (Wildman–Crippen MR) is 210 cm³/mol. The Morgan fingerprint density at radius 2 is 0.694 bits per heavy atom. The molecule has 5 N–H and O–H groups in total. The number of rotatable bonds is 40. The van der Waals surface area contributed by atoms with Gasteiger partial charge in [-0.15, -0.1) is 0 Å². The number of hydrogen-bond donors (Lipinski definition) is 5. The summed E-state index contributed by atoms with van der Waals surface area (Å²) in [4.78, 5) is 12.5. The molecule has 0 aromatic carbocycles. The van der Waals surface area contributed by atoms with E-state index in [9.17, 15) is 25.2 Å². The standard InChI is InChI=1S/C43H87NO5/c1-3-5-7-9-11-13-15-17-18-19-20-21-22-23-24-25-27-28-30-32-34-36-40(46)42(48)39(38-45)44-43(49)41(47)37-35-33-31-29-26-16-14-12-10-8-6-4-2/h39-42,45-48H,3-38H2,1-2H3,(H,44,49). The zero-order valence-corrected chi connectivity index (χ0v) is 33.0. The van der Waals surface area contributed by atoms with E-state index in [1.54, 1.807) is 0 Å². The molecule has 0 aliphatic carbocycles. The summed E-state index contributed by atoms with van der Waals surface area (Å²) in [5.74, 6) is -0.581. The normalized spacial score (nSPS) is 14.2. The summed E-state index contributed by atoms with van der Waals surface area (Å²) < 4.78 is 0. The minimum absolute atomic E-state index is 0.375. The Morgan fingerprint density at radius 3 is 0.980 bits per heavy atom. The van der Waals surface area contributed by atoms with E-state index in [-0.39, 0.29) is 0 Å². The van der Waals surface area contributed by atoms with Gasteiger partial charge in [0, 0.05) is 0 Å². The zero-order chi connectivity index (χ0) is 36.0. The maximum atomic E-state index is 12.5. The highest BCUT2D eigenvalue weighted by Crippen LogP contribution is 2.17. The van der Waals surface area contributed by atoms with Crippen LogP contribution in [0.3, 0.4) is 0 Å². The van der Waals surface area contributed by atoms with Crippen LogP contribution < -0.4 is 5.32 Å². The van der Waals surface area contributed by atoms with Crippen LogP contribution >= 0.6 is 0 Å². The number of aliphatic hydroxyl groups excluding tert-OH is 4. The van der Waals surface area contributed by atoms with Crippen molar-refractivity contribution in [3.8, 4) is 0 Å². The number of hydrogen-bond acceptors (Lipinski definition) is 5. The van der Waals surface area contributed by atoms with Crippen molar-refractivity contribution in [3.63, 3.8) is 0 Å². The van der Waals surface area contributed by atoms with Crippen LogP contribution in [0.1, 0.15) is 239 Å². The summed E-state index contributed by atoms with van der Waals surface area (Å²) in [5.41, 5.74) is 0. The molecule has 4 unspecified atom stereocenters. The molecule has 0 aliphatic heterocycles. The second-order valence-electron chi connectivity index (χ2n) is 15.4. The van der Waals surface area contributed by atoms with E-state index < -0.39 is 36.9 Å². The molecule has 0 aliphatic rings. The van der Waals surface area contributed by atoms with E-state index in [4.69, 9.17) is 0 Å². The van der Waals surface area contributed by atoms with Crippen molar-refractivity contribution in [1.29, 1.82) is 0 Å². The summed E-state index contributed by atoms with van der Waals surface area (Å²) in [6.45, 7) is 4.05. The van der Waals surface area contributed by atoms with Gasteiger partial charge < -0.3 is 25.7 Å². The van der Waals surface area contributed by atoms with Crippen molar-refractivity contribution < 1.29 is 25.2 Å². The summed E-state index contributed by atoms with van der Waals surface area (Å²) in [6, 6.07) is -0.978. The van der Waals surface area contributed by atoms with Crippen molar-refractivity contribution >= 4 is 5.91 Å². The molecule has 0 fully saturated rings. The average Bonchev–Trinajstić information content (AvgIpc) is 3.11. The number of carbonyl (C=O) groups excluding carboxylic acids is 1. The van der Waals surface area contributed by atoms with E-state index in [1.807, 2.05) is 0 Å². The van der Waals surface area contributed by atoms with Crippen LogP contribution in [-0.4, -0.2) is 57.3 Å². The molecule has 0 rings (SSSR count). The Hall–Kier alpha value is -0.690. The average molecular weight is 698 g/mol. The van der Waals surface area contributed by atoms with Gasteiger partial charge in [-0.1, -0.05) is 226 Å². The zero-order valence-electron chi connectivity index (χ0n) is 33.0. The summed E-state index contributed by atoms with van der Waals surface area (Å²) in [6.07, 6.45) is 39.9. The van der Waals surface area contributed by atoms with Crippen molar-refractivity contribution in [2.75, 3.05) is 6.61 Å². The van der Waals surface area contributed by atoms with Gasteiger partial charge in [0.25, 0.3) is 0 Å². The van der Waals surface area contributed by atoms with Crippen molar-refractivity contribution in [1.82, 2.24) is 5.32 Å². The lowest BCUT2D eigenvalue weighted by molar-refractivity contribution is -0.132. The lowest BCUT2D eigenvalue weighted by atomic mass is 9.99. The Morgan fingerprint density at radius 1 is 0.429 bits per heavy atom. The number of nitrogens with one attached hydrogen (secondary N) is 1. The third-order valence-corrected chi connectivity index (χ3v) is 10.6. The van der Waals surface area contributed by atoms with Gasteiger partial charge in [0.15, 0.2) is 0 Å². The highest BCUT2D eigenvalue weighted by molar-refractivity contribution is 5.80. The van der Waals surface area contributed by atoms with Crippen LogP contribution in [0.5, 0.6) is 0 Å². The lowest BCUT2D eigenvalue weighted by Gasteiger charge is -2.27. The van der Waals surface area contributed by atoms with Gasteiger partial charge in [-0.2, -0.15) is 0 Å². The highest BCUT2D eigenvalue weighted by Gasteiger charge is 2.28. The van der Waals surface area contributed by atoms with E-state index in [2.05, 4.69) is 19.2 Å². The molecule has 0 saturated heterocycles. The molecule has 6 heteroatoms. The van der Waals surface area contributed by atoms with E-state index >= 15 is 0 Å². The fraction of sp³-hybridized carbons (Fsp3) is 0.977. The van der Waals surface area contributed by atoms with Crippen LogP contribution in [0.15, 0.2) is 0 Å². The molecule has 0 aromatic rings. The Bertz CT molecular complexity index is 662. The lowest BCUT2D eigenvalue weighted by Crippen LogP contribution is -2.53. The van der Waals surface area contributed by atoms with Gasteiger partial charge in [0.2, 0.25) is 5.91 Å². The molecule has 294 valence electrons. The molecule has 4 atom stereocenters. The molecule has 0 aromatic heterocycles. The van der Waals surface area contributed by atoms with Crippen molar-refractivity contribution in [2.45, 2.75) is 263 Å². The number of carbonyl (C=O) groups is 1. The first-order valence-electron chi connectivity index (χ1n) is 21.9. The molecule has 1 amide bonds. The SMILES string of the molecule is CCCCCCCCCCCCCCCCCCCCCCCC(O)C(O)C(CO)NC(=O)C(O)CCCCCCCCCCCCCC. The van der Waals surface area contributed by atoms with Gasteiger partial charge in [-0.05, 0) is 12.8 Å². The van der Waals surface area contributed by atoms with E-state index in [1.165, 1.54) is 173 Å². The van der Waals surface area contributed by atoms with Gasteiger partial charge in [0.1, 0.15) is 12.2 Å².